The van der Waals surface area contributed by atoms with Gasteiger partial charge in [-0.3, -0.25) is 0 Å². The second kappa shape index (κ2) is 4.86. The first-order valence-corrected chi connectivity index (χ1v) is 3.35. The predicted octanol–water partition coefficient (Wildman–Crippen LogP) is 2.19. The Bertz CT molecular complexity index is 152. The molecule has 0 heterocycles. The van der Waals surface area contributed by atoms with E-state index in [0.717, 1.165) is 5.70 Å². The molecule has 0 saturated heterocycles. The van der Waals surface area contributed by atoms with Crippen molar-refractivity contribution in [1.29, 1.82) is 0 Å². The van der Waals surface area contributed by atoms with Gasteiger partial charge in [-0.1, -0.05) is 18.7 Å². The van der Waals surface area contributed by atoms with Gasteiger partial charge in [-0.15, -0.1) is 0 Å². The maximum absolute atomic E-state index is 3.63. The molecule has 0 aliphatic heterocycles. The molecule has 0 aliphatic carbocycles. The summed E-state index contributed by atoms with van der Waals surface area (Å²) in [5.41, 5.74) is 1.16. The first-order valence-electron chi connectivity index (χ1n) is 3.35. The van der Waals surface area contributed by atoms with E-state index in [1.807, 2.05) is 44.1 Å². The minimum Gasteiger partial charge on any atom is -0.378 e. The molecule has 0 amide bonds. The fraction of sp³-hybridized carbons (Fsp3) is 0.333. The Balaban J connectivity index is 4.25. The van der Waals surface area contributed by atoms with Gasteiger partial charge < -0.3 is 4.90 Å². The van der Waals surface area contributed by atoms with Crippen LogP contribution in [0.4, 0.5) is 0 Å². The third-order valence-electron chi connectivity index (χ3n) is 1.14. The molecule has 0 spiro atoms. The summed E-state index contributed by atoms with van der Waals surface area (Å²) in [6.45, 7) is 5.63. The van der Waals surface area contributed by atoms with Gasteiger partial charge in [-0.05, 0) is 19.1 Å². The van der Waals surface area contributed by atoms with E-state index in [1.165, 1.54) is 0 Å². The largest absolute Gasteiger partial charge is 0.378 e. The van der Waals surface area contributed by atoms with Gasteiger partial charge in [0.05, 0.1) is 0 Å². The Morgan fingerprint density at radius 1 is 1.40 bits per heavy atom. The zero-order valence-electron chi connectivity index (χ0n) is 6.96. The highest BCUT2D eigenvalue weighted by molar-refractivity contribution is 5.20. The number of likely N-dealkylation sites (N-methyl/N-ethyl adjacent to an activating group) is 1. The lowest BCUT2D eigenvalue weighted by atomic mass is 10.3. The van der Waals surface area contributed by atoms with Crippen molar-refractivity contribution in [2.24, 2.45) is 0 Å². The van der Waals surface area contributed by atoms with Crippen LogP contribution in [-0.4, -0.2) is 19.0 Å². The van der Waals surface area contributed by atoms with Crippen LogP contribution in [0.25, 0.3) is 0 Å². The Labute approximate surface area is 63.3 Å². The third kappa shape index (κ3) is 3.13. The van der Waals surface area contributed by atoms with Gasteiger partial charge in [0, 0.05) is 19.8 Å². The molecule has 0 radical (unpaired) electrons. The minimum absolute atomic E-state index is 1.16. The number of hydrogen-bond acceptors (Lipinski definition) is 1. The quantitative estimate of drug-likeness (QED) is 0.539. The van der Waals surface area contributed by atoms with E-state index in [-0.39, 0.29) is 0 Å². The SMILES string of the molecule is C=CC=C(C=CC)N(C)C. The Hall–Kier alpha value is -0.980. The lowest BCUT2D eigenvalue weighted by Crippen LogP contribution is -2.08. The van der Waals surface area contributed by atoms with E-state index >= 15 is 0 Å². The van der Waals surface area contributed by atoms with Gasteiger partial charge in [0.2, 0.25) is 0 Å². The zero-order valence-corrected chi connectivity index (χ0v) is 6.96. The molecule has 0 atom stereocenters. The maximum atomic E-state index is 3.63. The van der Waals surface area contributed by atoms with Crippen LogP contribution in [0, 0.1) is 0 Å². The van der Waals surface area contributed by atoms with E-state index in [4.69, 9.17) is 0 Å². The highest BCUT2D eigenvalue weighted by atomic mass is 15.1. The predicted molar refractivity (Wildman–Crippen MR) is 46.8 cm³/mol. The fourth-order valence-electron chi connectivity index (χ4n) is 0.645. The summed E-state index contributed by atoms with van der Waals surface area (Å²) in [5, 5.41) is 0. The average molecular weight is 137 g/mol. The van der Waals surface area contributed by atoms with Crippen LogP contribution in [0.15, 0.2) is 36.6 Å². The smallest absolute Gasteiger partial charge is 0.0357 e. The molecule has 10 heavy (non-hydrogen) atoms. The standard InChI is InChI=1S/C9H15N/c1-5-7-9(8-6-2)10(3)4/h5-8H,1H2,2-4H3. The molecule has 0 aromatic heterocycles. The monoisotopic (exact) mass is 137 g/mol. The van der Waals surface area contributed by atoms with Crippen LogP contribution in [0.2, 0.25) is 0 Å². The van der Waals surface area contributed by atoms with Crippen molar-refractivity contribution in [3.05, 3.63) is 36.6 Å². The summed E-state index contributed by atoms with van der Waals surface area (Å²) in [5.74, 6) is 0. The highest BCUT2D eigenvalue weighted by Crippen LogP contribution is 1.99. The number of hydrogen-bond donors (Lipinski definition) is 0. The molecule has 0 unspecified atom stereocenters. The first kappa shape index (κ1) is 9.02. The van der Waals surface area contributed by atoms with Gasteiger partial charge >= 0.3 is 0 Å². The molecule has 0 saturated carbocycles. The van der Waals surface area contributed by atoms with Crippen LogP contribution in [0.1, 0.15) is 6.92 Å². The molecule has 0 N–H and O–H groups in total. The lowest BCUT2D eigenvalue weighted by Gasteiger charge is -2.12. The van der Waals surface area contributed by atoms with E-state index in [1.54, 1.807) is 6.08 Å². The van der Waals surface area contributed by atoms with Crippen molar-refractivity contribution in [3.63, 3.8) is 0 Å². The van der Waals surface area contributed by atoms with E-state index in [9.17, 15) is 0 Å². The summed E-state index contributed by atoms with van der Waals surface area (Å²) in [4.78, 5) is 2.04. The highest BCUT2D eigenvalue weighted by Gasteiger charge is 1.89. The minimum atomic E-state index is 1.16. The van der Waals surface area contributed by atoms with Crippen molar-refractivity contribution in [2.45, 2.75) is 6.92 Å². The van der Waals surface area contributed by atoms with Gasteiger partial charge in [0.1, 0.15) is 0 Å². The van der Waals surface area contributed by atoms with Crippen molar-refractivity contribution in [3.8, 4) is 0 Å². The number of rotatable bonds is 3. The summed E-state index contributed by atoms with van der Waals surface area (Å²) in [6.07, 6.45) is 7.81. The van der Waals surface area contributed by atoms with E-state index < -0.39 is 0 Å². The Morgan fingerprint density at radius 2 is 2.00 bits per heavy atom. The normalized spacial score (nSPS) is 12.1. The Morgan fingerprint density at radius 3 is 2.30 bits per heavy atom. The lowest BCUT2D eigenvalue weighted by molar-refractivity contribution is 0.530. The molecule has 0 aromatic rings. The van der Waals surface area contributed by atoms with E-state index in [0.29, 0.717) is 0 Å². The Kier molecular flexibility index (Phi) is 4.38. The average Bonchev–Trinajstić information content (AvgIpc) is 1.87. The molecule has 0 fully saturated rings. The van der Waals surface area contributed by atoms with Crippen LogP contribution in [-0.2, 0) is 0 Å². The molecule has 1 nitrogen and oxygen atoms in total. The molecular weight excluding hydrogens is 122 g/mol. The maximum Gasteiger partial charge on any atom is 0.0357 e. The van der Waals surface area contributed by atoms with Gasteiger partial charge in [0.15, 0.2) is 0 Å². The van der Waals surface area contributed by atoms with E-state index in [2.05, 4.69) is 6.58 Å². The van der Waals surface area contributed by atoms with Crippen LogP contribution in [0.3, 0.4) is 0 Å². The second-order valence-electron chi connectivity index (χ2n) is 2.22. The van der Waals surface area contributed by atoms with Crippen LogP contribution < -0.4 is 0 Å². The molecule has 0 aliphatic rings. The van der Waals surface area contributed by atoms with Gasteiger partial charge in [-0.25, -0.2) is 0 Å². The number of allylic oxidation sites excluding steroid dienone is 4. The molecular formula is C9H15N. The number of nitrogens with zero attached hydrogens (tertiary/aromatic N) is 1. The van der Waals surface area contributed by atoms with Crippen molar-refractivity contribution in [1.82, 2.24) is 4.90 Å². The molecule has 56 valence electrons. The van der Waals surface area contributed by atoms with Crippen molar-refractivity contribution >= 4 is 0 Å². The van der Waals surface area contributed by atoms with Gasteiger partial charge in [0.25, 0.3) is 0 Å². The molecule has 1 heteroatoms. The summed E-state index contributed by atoms with van der Waals surface area (Å²) in [6, 6.07) is 0. The van der Waals surface area contributed by atoms with Crippen molar-refractivity contribution < 1.29 is 0 Å². The summed E-state index contributed by atoms with van der Waals surface area (Å²) < 4.78 is 0. The molecule has 0 bridgehead atoms. The second-order valence-corrected chi connectivity index (χ2v) is 2.22. The third-order valence-corrected chi connectivity index (χ3v) is 1.14. The molecule has 0 aromatic carbocycles. The fourth-order valence-corrected chi connectivity index (χ4v) is 0.645. The van der Waals surface area contributed by atoms with Crippen molar-refractivity contribution in [2.75, 3.05) is 14.1 Å². The molecule has 0 rings (SSSR count). The zero-order chi connectivity index (χ0) is 7.98. The summed E-state index contributed by atoms with van der Waals surface area (Å²) >= 11 is 0. The van der Waals surface area contributed by atoms with Crippen LogP contribution in [0.5, 0.6) is 0 Å². The topological polar surface area (TPSA) is 3.24 Å². The summed E-state index contributed by atoms with van der Waals surface area (Å²) in [7, 11) is 4.02. The first-order chi connectivity index (χ1) is 4.72. The van der Waals surface area contributed by atoms with Crippen LogP contribution >= 0.6 is 0 Å². The van der Waals surface area contributed by atoms with Gasteiger partial charge in [-0.2, -0.15) is 0 Å².